The highest BCUT2D eigenvalue weighted by Crippen LogP contribution is 2.27. The molecule has 1 saturated heterocycles. The van der Waals surface area contributed by atoms with E-state index < -0.39 is 11.4 Å². The molecule has 0 spiro atoms. The van der Waals surface area contributed by atoms with Crippen LogP contribution in [0.5, 0.6) is 0 Å². The summed E-state index contributed by atoms with van der Waals surface area (Å²) in [6, 6.07) is 6.66. The fourth-order valence-corrected chi connectivity index (χ4v) is 4.93. The second kappa shape index (κ2) is 13.2. The van der Waals surface area contributed by atoms with Gasteiger partial charge in [-0.2, -0.15) is 5.10 Å². The molecule has 2 amide bonds. The normalized spacial score (nSPS) is 17.1. The Morgan fingerprint density at radius 1 is 1.08 bits per heavy atom. The largest absolute Gasteiger partial charge is 0.462 e. The average Bonchev–Trinajstić information content (AvgIpc) is 3.27. The number of aryl methyl sites for hydroxylation is 1. The molecule has 2 aliphatic heterocycles. The third-order valence-corrected chi connectivity index (χ3v) is 7.00. The minimum absolute atomic E-state index is 0.108. The molecule has 0 atom stereocenters. The van der Waals surface area contributed by atoms with E-state index in [1.165, 1.54) is 0 Å². The van der Waals surface area contributed by atoms with E-state index in [4.69, 9.17) is 19.3 Å². The van der Waals surface area contributed by atoms with E-state index in [1.807, 2.05) is 20.8 Å². The Hall–Kier alpha value is -3.24. The summed E-state index contributed by atoms with van der Waals surface area (Å²) in [5, 5.41) is 7.79. The Morgan fingerprint density at radius 3 is 2.56 bits per heavy atom. The molecular weight excluding hydrogens is 500 g/mol. The van der Waals surface area contributed by atoms with Gasteiger partial charge in [-0.1, -0.05) is 19.9 Å². The first-order valence-electron chi connectivity index (χ1n) is 13.9. The predicted molar refractivity (Wildman–Crippen MR) is 145 cm³/mol. The number of nitrogens with zero attached hydrogens (tertiary/aromatic N) is 3. The first-order valence-corrected chi connectivity index (χ1v) is 13.9. The van der Waals surface area contributed by atoms with Crippen LogP contribution in [-0.4, -0.2) is 85.1 Å². The van der Waals surface area contributed by atoms with Gasteiger partial charge in [-0.25, -0.2) is 4.79 Å². The van der Waals surface area contributed by atoms with Crippen molar-refractivity contribution >= 4 is 17.8 Å². The number of benzene rings is 1. The van der Waals surface area contributed by atoms with Crippen LogP contribution in [0.2, 0.25) is 0 Å². The average molecular weight is 541 g/mol. The van der Waals surface area contributed by atoms with Crippen molar-refractivity contribution in [1.82, 2.24) is 20.0 Å². The number of esters is 1. The van der Waals surface area contributed by atoms with Crippen molar-refractivity contribution < 1.29 is 28.6 Å². The van der Waals surface area contributed by atoms with Crippen molar-refractivity contribution in [2.75, 3.05) is 52.7 Å². The number of rotatable bonds is 7. The standard InChI is InChI=1S/C29H40N4O6/c1-4-33-25-23(10-6-14-37-15-7-11-30-26(25)34)24(31-33)19-29(2,3)20-39-28(36)22-9-5-8-21(18-22)27(35)32-12-16-38-17-13-32/h5,8-9,18H,4,6-7,10-17,19-20H2,1-3H3,(H,30,34). The zero-order chi connectivity index (χ0) is 27.8. The predicted octanol–water partition coefficient (Wildman–Crippen LogP) is 2.88. The molecule has 4 rings (SSSR count). The van der Waals surface area contributed by atoms with Crippen molar-refractivity contribution in [3.8, 4) is 0 Å². The molecule has 3 heterocycles. The van der Waals surface area contributed by atoms with Crippen LogP contribution >= 0.6 is 0 Å². The van der Waals surface area contributed by atoms with Crippen LogP contribution in [0, 0.1) is 5.41 Å². The van der Waals surface area contributed by atoms with Crippen LogP contribution in [0.1, 0.15) is 76.1 Å². The topological polar surface area (TPSA) is 112 Å². The lowest BCUT2D eigenvalue weighted by atomic mass is 9.86. The first-order chi connectivity index (χ1) is 18.8. The Morgan fingerprint density at radius 2 is 1.79 bits per heavy atom. The summed E-state index contributed by atoms with van der Waals surface area (Å²) >= 11 is 0. The fourth-order valence-electron chi connectivity index (χ4n) is 4.93. The van der Waals surface area contributed by atoms with Gasteiger partial charge in [0, 0.05) is 62.4 Å². The van der Waals surface area contributed by atoms with Gasteiger partial charge in [0.05, 0.1) is 31.1 Å². The maximum Gasteiger partial charge on any atom is 0.338 e. The Kier molecular flexibility index (Phi) is 9.74. The highest BCUT2D eigenvalue weighted by molar-refractivity contribution is 5.98. The van der Waals surface area contributed by atoms with E-state index >= 15 is 0 Å². The summed E-state index contributed by atoms with van der Waals surface area (Å²) in [5.41, 5.74) is 2.76. The summed E-state index contributed by atoms with van der Waals surface area (Å²) in [6.45, 7) is 10.7. The van der Waals surface area contributed by atoms with Crippen LogP contribution in [0.15, 0.2) is 24.3 Å². The number of hydrogen-bond acceptors (Lipinski definition) is 7. The molecule has 0 radical (unpaired) electrons. The molecule has 2 aromatic rings. The zero-order valence-corrected chi connectivity index (χ0v) is 23.3. The van der Waals surface area contributed by atoms with E-state index in [2.05, 4.69) is 5.32 Å². The summed E-state index contributed by atoms with van der Waals surface area (Å²) in [5.74, 6) is -0.703. The van der Waals surface area contributed by atoms with Crippen molar-refractivity contribution in [3.63, 3.8) is 0 Å². The SMILES string of the molecule is CCn1nc(CC(C)(C)COC(=O)c2cccc(C(=O)N3CCOCC3)c2)c2c1C(=O)NCCCOCCC2. The molecule has 1 fully saturated rings. The van der Waals surface area contributed by atoms with E-state index in [-0.39, 0.29) is 18.4 Å². The van der Waals surface area contributed by atoms with E-state index in [0.717, 1.165) is 24.1 Å². The van der Waals surface area contributed by atoms with Crippen LogP contribution in [0.4, 0.5) is 0 Å². The fraction of sp³-hybridized carbons (Fsp3) is 0.586. The monoisotopic (exact) mass is 540 g/mol. The van der Waals surface area contributed by atoms with Gasteiger partial charge in [0.25, 0.3) is 11.8 Å². The number of ether oxygens (including phenoxy) is 3. The molecule has 39 heavy (non-hydrogen) atoms. The number of amides is 2. The summed E-state index contributed by atoms with van der Waals surface area (Å²) in [7, 11) is 0. The second-order valence-corrected chi connectivity index (χ2v) is 10.8. The Bertz CT molecular complexity index is 1170. The van der Waals surface area contributed by atoms with Gasteiger partial charge >= 0.3 is 5.97 Å². The van der Waals surface area contributed by atoms with E-state index in [0.29, 0.717) is 82.3 Å². The molecule has 1 aromatic heterocycles. The molecule has 0 saturated carbocycles. The number of hydrogen-bond donors (Lipinski definition) is 1. The molecule has 0 bridgehead atoms. The van der Waals surface area contributed by atoms with Crippen molar-refractivity contribution in [2.24, 2.45) is 5.41 Å². The molecule has 212 valence electrons. The molecule has 2 aliphatic rings. The van der Waals surface area contributed by atoms with Crippen molar-refractivity contribution in [3.05, 3.63) is 52.3 Å². The maximum atomic E-state index is 13.0. The second-order valence-electron chi connectivity index (χ2n) is 10.8. The summed E-state index contributed by atoms with van der Waals surface area (Å²) in [6.07, 6.45) is 2.81. The van der Waals surface area contributed by atoms with Gasteiger partial charge in [0.1, 0.15) is 5.69 Å². The first kappa shape index (κ1) is 28.8. The molecular formula is C29H40N4O6. The van der Waals surface area contributed by atoms with Gasteiger partial charge in [0.15, 0.2) is 0 Å². The molecule has 10 heteroatoms. The van der Waals surface area contributed by atoms with Crippen molar-refractivity contribution in [2.45, 2.75) is 53.0 Å². The molecule has 0 unspecified atom stereocenters. The molecule has 1 aromatic carbocycles. The van der Waals surface area contributed by atoms with Crippen molar-refractivity contribution in [1.29, 1.82) is 0 Å². The van der Waals surface area contributed by atoms with E-state index in [9.17, 15) is 14.4 Å². The third-order valence-electron chi connectivity index (χ3n) is 7.00. The van der Waals surface area contributed by atoms with Crippen LogP contribution in [0.3, 0.4) is 0 Å². The lowest BCUT2D eigenvalue weighted by molar-refractivity contribution is 0.0302. The minimum Gasteiger partial charge on any atom is -0.462 e. The Balaban J connectivity index is 1.44. The van der Waals surface area contributed by atoms with Gasteiger partial charge in [0.2, 0.25) is 0 Å². The number of nitrogens with one attached hydrogen (secondary N) is 1. The van der Waals surface area contributed by atoms with Crippen LogP contribution in [-0.2, 0) is 33.6 Å². The Labute approximate surface area is 230 Å². The lowest BCUT2D eigenvalue weighted by Crippen LogP contribution is -2.40. The van der Waals surface area contributed by atoms with Crippen LogP contribution < -0.4 is 5.32 Å². The summed E-state index contributed by atoms with van der Waals surface area (Å²) < 4.78 is 18.5. The molecule has 1 N–H and O–H groups in total. The van der Waals surface area contributed by atoms with Gasteiger partial charge in [-0.05, 0) is 44.4 Å². The van der Waals surface area contributed by atoms with Gasteiger partial charge in [-0.15, -0.1) is 0 Å². The zero-order valence-electron chi connectivity index (χ0n) is 23.3. The molecule has 10 nitrogen and oxygen atoms in total. The molecule has 0 aliphatic carbocycles. The lowest BCUT2D eigenvalue weighted by Gasteiger charge is -2.27. The number of morpholine rings is 1. The highest BCUT2D eigenvalue weighted by atomic mass is 16.5. The van der Waals surface area contributed by atoms with E-state index in [1.54, 1.807) is 33.8 Å². The van der Waals surface area contributed by atoms with Gasteiger partial charge in [-0.3, -0.25) is 14.3 Å². The third kappa shape index (κ3) is 7.45. The number of fused-ring (bicyclic) bond motifs is 1. The maximum absolute atomic E-state index is 13.0. The van der Waals surface area contributed by atoms with Gasteiger partial charge < -0.3 is 24.4 Å². The minimum atomic E-state index is -0.477. The highest BCUT2D eigenvalue weighted by Gasteiger charge is 2.29. The number of carbonyl (C=O) groups excluding carboxylic acids is 3. The number of aromatic nitrogens is 2. The smallest absolute Gasteiger partial charge is 0.338 e. The summed E-state index contributed by atoms with van der Waals surface area (Å²) in [4.78, 5) is 40.6. The quantitative estimate of drug-likeness (QED) is 0.538. The number of carbonyl (C=O) groups is 3. The van der Waals surface area contributed by atoms with Crippen LogP contribution in [0.25, 0.3) is 0 Å².